The van der Waals surface area contributed by atoms with Gasteiger partial charge in [-0.1, -0.05) is 36.4 Å². The Morgan fingerprint density at radius 3 is 2.54 bits per heavy atom. The Labute approximate surface area is 166 Å². The van der Waals surface area contributed by atoms with Crippen molar-refractivity contribution >= 4 is 37.2 Å². The van der Waals surface area contributed by atoms with Crippen molar-refractivity contribution in [3.05, 3.63) is 89.2 Å². The Morgan fingerprint density at radius 1 is 0.964 bits per heavy atom. The van der Waals surface area contributed by atoms with Crippen LogP contribution in [0, 0.1) is 0 Å². The number of sulfone groups is 1. The number of thiophene rings is 1. The fraction of sp³-hybridized carbons (Fsp3) is 0.0952. The molecule has 0 unspecified atom stereocenters. The normalized spacial score (nSPS) is 11.6. The van der Waals surface area contributed by atoms with Crippen LogP contribution in [0.5, 0.6) is 0 Å². The number of ether oxygens (including phenoxy) is 1. The van der Waals surface area contributed by atoms with Crippen LogP contribution in [0.1, 0.15) is 21.9 Å². The van der Waals surface area contributed by atoms with Crippen molar-refractivity contribution in [3.8, 4) is 0 Å². The number of hydrogen-bond acceptors (Lipinski definition) is 6. The molecule has 28 heavy (non-hydrogen) atoms. The molecular weight excluding hydrogens is 396 g/mol. The zero-order chi connectivity index (χ0) is 19.6. The highest BCUT2D eigenvalue weighted by atomic mass is 32.2. The summed E-state index contributed by atoms with van der Waals surface area (Å²) in [5.74, 6) is -0.771. The van der Waals surface area contributed by atoms with Gasteiger partial charge in [-0.05, 0) is 41.1 Å². The molecule has 0 saturated carbocycles. The van der Waals surface area contributed by atoms with E-state index >= 15 is 0 Å². The minimum absolute atomic E-state index is 0.0159. The third-order valence-electron chi connectivity index (χ3n) is 4.22. The Bertz CT molecular complexity index is 1220. The predicted octanol–water partition coefficient (Wildman–Crippen LogP) is 4.83. The summed E-state index contributed by atoms with van der Waals surface area (Å²) in [6.45, 7) is 0.126. The number of hydrogen-bond donors (Lipinski definition) is 0. The molecule has 0 aliphatic carbocycles. The molecular formula is C21H16O5S2. The van der Waals surface area contributed by atoms with Gasteiger partial charge in [0.25, 0.3) is 0 Å². The first-order valence-electron chi connectivity index (χ1n) is 8.52. The zero-order valence-electron chi connectivity index (χ0n) is 14.7. The van der Waals surface area contributed by atoms with E-state index in [1.54, 1.807) is 29.5 Å². The molecule has 0 aliphatic rings. The van der Waals surface area contributed by atoms with Crippen molar-refractivity contribution in [2.45, 2.75) is 17.3 Å². The molecule has 4 rings (SSSR count). The van der Waals surface area contributed by atoms with E-state index in [-0.39, 0.29) is 28.8 Å². The number of benzene rings is 2. The quantitative estimate of drug-likeness (QED) is 0.424. The SMILES string of the molecule is O=C(OCc1csc2ccccc12)c1ccc(CS(=O)(=O)c2ccccc2)o1. The molecule has 7 heteroatoms. The average Bonchev–Trinajstić information content (AvgIpc) is 3.33. The van der Waals surface area contributed by atoms with Gasteiger partial charge in [0, 0.05) is 10.3 Å². The molecule has 0 bridgehead atoms. The summed E-state index contributed by atoms with van der Waals surface area (Å²) in [6.07, 6.45) is 0. The smallest absolute Gasteiger partial charge is 0.374 e. The van der Waals surface area contributed by atoms with Crippen LogP contribution in [-0.2, 0) is 26.9 Å². The lowest BCUT2D eigenvalue weighted by Crippen LogP contribution is -2.05. The van der Waals surface area contributed by atoms with E-state index in [2.05, 4.69) is 0 Å². The number of carbonyl (C=O) groups is 1. The van der Waals surface area contributed by atoms with Crippen molar-refractivity contribution in [1.82, 2.24) is 0 Å². The fourth-order valence-electron chi connectivity index (χ4n) is 2.82. The first kappa shape index (κ1) is 18.5. The van der Waals surface area contributed by atoms with Crippen LogP contribution in [0.2, 0.25) is 0 Å². The number of fused-ring (bicyclic) bond motifs is 1. The van der Waals surface area contributed by atoms with E-state index in [0.717, 1.165) is 15.6 Å². The van der Waals surface area contributed by atoms with Gasteiger partial charge in [0.2, 0.25) is 5.76 Å². The fourth-order valence-corrected chi connectivity index (χ4v) is 5.04. The van der Waals surface area contributed by atoms with Crippen molar-refractivity contribution < 1.29 is 22.4 Å². The molecule has 4 aromatic rings. The van der Waals surface area contributed by atoms with E-state index in [1.165, 1.54) is 24.3 Å². The maximum atomic E-state index is 12.4. The predicted molar refractivity (Wildman–Crippen MR) is 107 cm³/mol. The van der Waals surface area contributed by atoms with Crippen LogP contribution in [0.15, 0.2) is 81.4 Å². The van der Waals surface area contributed by atoms with Gasteiger partial charge in [0.05, 0.1) is 4.90 Å². The minimum Gasteiger partial charge on any atom is -0.455 e. The first-order valence-corrected chi connectivity index (χ1v) is 11.0. The lowest BCUT2D eigenvalue weighted by atomic mass is 10.2. The van der Waals surface area contributed by atoms with Crippen molar-refractivity contribution in [1.29, 1.82) is 0 Å². The summed E-state index contributed by atoms with van der Waals surface area (Å²) in [5.41, 5.74) is 0.924. The van der Waals surface area contributed by atoms with Crippen LogP contribution < -0.4 is 0 Å². The summed E-state index contributed by atoms with van der Waals surface area (Å²) in [6, 6.07) is 18.9. The lowest BCUT2D eigenvalue weighted by Gasteiger charge is -2.03. The summed E-state index contributed by atoms with van der Waals surface area (Å²) in [4.78, 5) is 12.5. The maximum Gasteiger partial charge on any atom is 0.374 e. The molecule has 0 atom stereocenters. The van der Waals surface area contributed by atoms with E-state index in [0.29, 0.717) is 0 Å². The molecule has 2 aromatic heterocycles. The van der Waals surface area contributed by atoms with Crippen molar-refractivity contribution in [3.63, 3.8) is 0 Å². The monoisotopic (exact) mass is 412 g/mol. The Balaban J connectivity index is 1.43. The van der Waals surface area contributed by atoms with E-state index in [9.17, 15) is 13.2 Å². The van der Waals surface area contributed by atoms with E-state index < -0.39 is 15.8 Å². The highest BCUT2D eigenvalue weighted by molar-refractivity contribution is 7.90. The summed E-state index contributed by atoms with van der Waals surface area (Å²) < 4.78 is 36.7. The number of esters is 1. The highest BCUT2D eigenvalue weighted by Crippen LogP contribution is 2.26. The molecule has 0 N–H and O–H groups in total. The molecule has 0 saturated heterocycles. The minimum atomic E-state index is -3.54. The molecule has 0 spiro atoms. The second kappa shape index (κ2) is 7.61. The van der Waals surface area contributed by atoms with Crippen LogP contribution >= 0.6 is 11.3 Å². The summed E-state index contributed by atoms with van der Waals surface area (Å²) >= 11 is 1.59. The molecule has 142 valence electrons. The molecule has 5 nitrogen and oxygen atoms in total. The highest BCUT2D eigenvalue weighted by Gasteiger charge is 2.20. The number of carbonyl (C=O) groups excluding carboxylic acids is 1. The first-order chi connectivity index (χ1) is 13.5. The van der Waals surface area contributed by atoms with Gasteiger partial charge < -0.3 is 9.15 Å². The van der Waals surface area contributed by atoms with Gasteiger partial charge >= 0.3 is 5.97 Å². The third-order valence-corrected chi connectivity index (χ3v) is 6.88. The largest absolute Gasteiger partial charge is 0.455 e. The number of furan rings is 1. The van der Waals surface area contributed by atoms with Gasteiger partial charge in [-0.2, -0.15) is 0 Å². The summed E-state index contributed by atoms with van der Waals surface area (Å²) in [5, 5.41) is 3.01. The van der Waals surface area contributed by atoms with Gasteiger partial charge in [0.1, 0.15) is 18.1 Å². The lowest BCUT2D eigenvalue weighted by molar-refractivity contribution is 0.0436. The molecule has 2 aromatic carbocycles. The standard InChI is InChI=1S/C21H16O5S2/c22-21(25-12-15-13-27-20-9-5-4-8-18(15)20)19-11-10-16(26-19)14-28(23,24)17-6-2-1-3-7-17/h1-11,13H,12,14H2. The topological polar surface area (TPSA) is 73.6 Å². The van der Waals surface area contributed by atoms with Crippen LogP contribution in [-0.4, -0.2) is 14.4 Å². The summed E-state index contributed by atoms with van der Waals surface area (Å²) in [7, 11) is -3.54. The molecule has 0 aliphatic heterocycles. The van der Waals surface area contributed by atoms with Gasteiger partial charge in [-0.3, -0.25) is 0 Å². The van der Waals surface area contributed by atoms with Gasteiger partial charge in [0.15, 0.2) is 9.84 Å². The van der Waals surface area contributed by atoms with Crippen LogP contribution in [0.3, 0.4) is 0 Å². The molecule has 0 amide bonds. The number of rotatable bonds is 6. The van der Waals surface area contributed by atoms with E-state index in [4.69, 9.17) is 9.15 Å². The second-order valence-corrected chi connectivity index (χ2v) is 9.07. The molecule has 0 radical (unpaired) electrons. The second-order valence-electron chi connectivity index (χ2n) is 6.17. The van der Waals surface area contributed by atoms with Crippen molar-refractivity contribution in [2.75, 3.05) is 0 Å². The third kappa shape index (κ3) is 3.85. The van der Waals surface area contributed by atoms with Gasteiger partial charge in [-0.15, -0.1) is 11.3 Å². The van der Waals surface area contributed by atoms with Crippen LogP contribution in [0.25, 0.3) is 10.1 Å². The average molecular weight is 412 g/mol. The Morgan fingerprint density at radius 2 is 1.71 bits per heavy atom. The molecule has 2 heterocycles. The van der Waals surface area contributed by atoms with Crippen molar-refractivity contribution in [2.24, 2.45) is 0 Å². The zero-order valence-corrected chi connectivity index (χ0v) is 16.3. The maximum absolute atomic E-state index is 12.4. The molecule has 0 fully saturated rings. The van der Waals surface area contributed by atoms with Crippen LogP contribution in [0.4, 0.5) is 0 Å². The Hall–Kier alpha value is -2.90. The Kier molecular flexibility index (Phi) is 5.02. The van der Waals surface area contributed by atoms with Gasteiger partial charge in [-0.25, -0.2) is 13.2 Å². The van der Waals surface area contributed by atoms with E-state index in [1.807, 2.05) is 29.6 Å².